The highest BCUT2D eigenvalue weighted by Gasteiger charge is 2.17. The van der Waals surface area contributed by atoms with Crippen molar-refractivity contribution in [3.63, 3.8) is 0 Å². The maximum atomic E-state index is 13.8. The van der Waals surface area contributed by atoms with Crippen molar-refractivity contribution in [2.75, 3.05) is 17.7 Å². The van der Waals surface area contributed by atoms with Crippen LogP contribution in [0.2, 0.25) is 0 Å². The molecular weight excluding hydrogens is 468 g/mol. The summed E-state index contributed by atoms with van der Waals surface area (Å²) in [6.45, 7) is 3.48. The molecule has 0 radical (unpaired) electrons. The lowest BCUT2D eigenvalue weighted by atomic mass is 10.1. The first kappa shape index (κ1) is 23.4. The Morgan fingerprint density at radius 2 is 1.76 bits per heavy atom. The van der Waals surface area contributed by atoms with Gasteiger partial charge in [-0.25, -0.2) is 9.97 Å². The first-order valence-electron chi connectivity index (χ1n) is 11.4. The third-order valence-electron chi connectivity index (χ3n) is 5.55. The number of ether oxygens (including phenoxy) is 1. The summed E-state index contributed by atoms with van der Waals surface area (Å²) in [5.74, 6) is 0.651. The second-order valence-corrected chi connectivity index (χ2v) is 7.97. The Morgan fingerprint density at radius 3 is 2.49 bits per heavy atom. The van der Waals surface area contributed by atoms with Crippen LogP contribution >= 0.6 is 0 Å². The highest BCUT2D eigenvalue weighted by Crippen LogP contribution is 2.23. The van der Waals surface area contributed by atoms with E-state index < -0.39 is 0 Å². The van der Waals surface area contributed by atoms with Gasteiger partial charge in [0.25, 0.3) is 5.56 Å². The fourth-order valence-corrected chi connectivity index (χ4v) is 3.78. The van der Waals surface area contributed by atoms with Crippen molar-refractivity contribution in [1.82, 2.24) is 19.5 Å². The van der Waals surface area contributed by atoms with Crippen LogP contribution < -0.4 is 20.9 Å². The number of rotatable bonds is 7. The van der Waals surface area contributed by atoms with Gasteiger partial charge < -0.3 is 15.4 Å². The van der Waals surface area contributed by atoms with Crippen LogP contribution in [0.5, 0.6) is 5.75 Å². The summed E-state index contributed by atoms with van der Waals surface area (Å²) in [5, 5.41) is 5.87. The van der Waals surface area contributed by atoms with Gasteiger partial charge in [0.2, 0.25) is 11.9 Å². The van der Waals surface area contributed by atoms with E-state index in [-0.39, 0.29) is 23.1 Å². The molecule has 5 aromatic rings. The number of fused-ring (bicyclic) bond motifs is 1. The molecule has 0 spiro atoms. The molecule has 3 aromatic carbocycles. The van der Waals surface area contributed by atoms with Crippen LogP contribution in [0, 0.1) is 0 Å². The average molecular weight is 491 g/mol. The standard InChI is InChI=1S/C28H22N6O3/c1-3-24(35)30-20-10-7-11-21(16-20)34-26-23(32-25(27(34)36)18-8-5-4-6-9-18)17-29-28(33-26)31-19-12-14-22(37-2)15-13-19/h3-17H,1H2,2H3,(H,30,35)(H,29,31,33). The molecule has 37 heavy (non-hydrogen) atoms. The van der Waals surface area contributed by atoms with Gasteiger partial charge in [-0.15, -0.1) is 0 Å². The van der Waals surface area contributed by atoms with Crippen LogP contribution in [0.1, 0.15) is 0 Å². The van der Waals surface area contributed by atoms with Crippen molar-refractivity contribution in [2.45, 2.75) is 0 Å². The molecular formula is C28H22N6O3. The lowest BCUT2D eigenvalue weighted by Crippen LogP contribution is -2.23. The third-order valence-corrected chi connectivity index (χ3v) is 5.55. The molecule has 182 valence electrons. The topological polar surface area (TPSA) is 111 Å². The van der Waals surface area contributed by atoms with Crippen LogP contribution in [-0.4, -0.2) is 32.5 Å². The second-order valence-electron chi connectivity index (χ2n) is 7.97. The molecule has 2 N–H and O–H groups in total. The van der Waals surface area contributed by atoms with E-state index in [4.69, 9.17) is 4.74 Å². The number of methoxy groups -OCH3 is 1. The number of carbonyl (C=O) groups is 1. The van der Waals surface area contributed by atoms with Crippen LogP contribution in [0.25, 0.3) is 28.1 Å². The molecule has 5 rings (SSSR count). The Bertz CT molecular complexity index is 1660. The maximum absolute atomic E-state index is 13.8. The molecule has 0 saturated carbocycles. The van der Waals surface area contributed by atoms with Crippen molar-refractivity contribution in [3.05, 3.63) is 108 Å². The van der Waals surface area contributed by atoms with Gasteiger partial charge in [0.1, 0.15) is 17.0 Å². The van der Waals surface area contributed by atoms with Crippen molar-refractivity contribution >= 4 is 34.4 Å². The summed E-state index contributed by atoms with van der Waals surface area (Å²) in [7, 11) is 1.60. The Morgan fingerprint density at radius 1 is 0.973 bits per heavy atom. The van der Waals surface area contributed by atoms with Gasteiger partial charge in [0.05, 0.1) is 19.0 Å². The zero-order chi connectivity index (χ0) is 25.8. The number of carbonyl (C=O) groups excluding carboxylic acids is 1. The van der Waals surface area contributed by atoms with Gasteiger partial charge in [-0.2, -0.15) is 4.98 Å². The van der Waals surface area contributed by atoms with E-state index in [0.717, 1.165) is 11.4 Å². The quantitative estimate of drug-likeness (QED) is 0.318. The molecule has 0 unspecified atom stereocenters. The van der Waals surface area contributed by atoms with Gasteiger partial charge in [-0.05, 0) is 48.5 Å². The fraction of sp³-hybridized carbons (Fsp3) is 0.0357. The number of benzene rings is 3. The van der Waals surface area contributed by atoms with E-state index in [2.05, 4.69) is 32.2 Å². The summed E-state index contributed by atoms with van der Waals surface area (Å²) in [6, 6.07) is 23.4. The Hall–Kier alpha value is -5.31. The van der Waals surface area contributed by atoms with Gasteiger partial charge in [-0.1, -0.05) is 43.0 Å². The minimum absolute atomic E-state index is 0.257. The number of aromatic nitrogens is 4. The predicted octanol–water partition coefficient (Wildman–Crippen LogP) is 4.72. The van der Waals surface area contributed by atoms with Crippen molar-refractivity contribution in [2.24, 2.45) is 0 Å². The highest BCUT2D eigenvalue weighted by molar-refractivity contribution is 5.99. The van der Waals surface area contributed by atoms with Crippen molar-refractivity contribution < 1.29 is 9.53 Å². The predicted molar refractivity (Wildman–Crippen MR) is 143 cm³/mol. The van der Waals surface area contributed by atoms with E-state index in [1.807, 2.05) is 54.6 Å². The van der Waals surface area contributed by atoms with Crippen LogP contribution in [-0.2, 0) is 4.79 Å². The molecule has 2 aromatic heterocycles. The smallest absolute Gasteiger partial charge is 0.283 e. The lowest BCUT2D eigenvalue weighted by molar-refractivity contribution is -0.111. The zero-order valence-electron chi connectivity index (χ0n) is 19.9. The summed E-state index contributed by atoms with van der Waals surface area (Å²) in [5.41, 5.74) is 3.06. The Labute approximate surface area is 212 Å². The van der Waals surface area contributed by atoms with Gasteiger partial charge in [0, 0.05) is 16.9 Å². The minimum atomic E-state index is -0.361. The van der Waals surface area contributed by atoms with Crippen LogP contribution in [0.4, 0.5) is 17.3 Å². The van der Waals surface area contributed by atoms with E-state index >= 15 is 0 Å². The van der Waals surface area contributed by atoms with E-state index in [1.165, 1.54) is 10.6 Å². The number of hydrogen-bond acceptors (Lipinski definition) is 7. The molecule has 9 nitrogen and oxygen atoms in total. The molecule has 1 amide bonds. The van der Waals surface area contributed by atoms with Gasteiger partial charge in [-0.3, -0.25) is 14.2 Å². The van der Waals surface area contributed by atoms with Crippen molar-refractivity contribution in [3.8, 4) is 22.7 Å². The molecule has 0 saturated heterocycles. The minimum Gasteiger partial charge on any atom is -0.497 e. The number of nitrogens with one attached hydrogen (secondary N) is 2. The molecule has 0 aliphatic heterocycles. The SMILES string of the molecule is C=CC(=O)Nc1cccc(-n2c(=O)c(-c3ccccc3)nc3cnc(Nc4ccc(OC)cc4)nc32)c1. The van der Waals surface area contributed by atoms with Gasteiger partial charge >= 0.3 is 0 Å². The van der Waals surface area contributed by atoms with Crippen molar-refractivity contribution in [1.29, 1.82) is 0 Å². The third kappa shape index (κ3) is 4.92. The Kier molecular flexibility index (Phi) is 6.41. The largest absolute Gasteiger partial charge is 0.497 e. The average Bonchev–Trinajstić information content (AvgIpc) is 2.93. The second kappa shape index (κ2) is 10.1. The number of anilines is 3. The monoisotopic (exact) mass is 490 g/mol. The number of nitrogens with zero attached hydrogens (tertiary/aromatic N) is 4. The zero-order valence-corrected chi connectivity index (χ0v) is 19.9. The molecule has 0 aliphatic rings. The maximum Gasteiger partial charge on any atom is 0.283 e. The van der Waals surface area contributed by atoms with E-state index in [9.17, 15) is 9.59 Å². The molecule has 0 atom stereocenters. The molecule has 0 aliphatic carbocycles. The molecule has 2 heterocycles. The fourth-order valence-electron chi connectivity index (χ4n) is 3.78. The number of hydrogen-bond donors (Lipinski definition) is 2. The molecule has 9 heteroatoms. The summed E-state index contributed by atoms with van der Waals surface area (Å²) in [4.78, 5) is 39.3. The summed E-state index contributed by atoms with van der Waals surface area (Å²) in [6.07, 6.45) is 2.75. The van der Waals surface area contributed by atoms with E-state index in [1.54, 1.807) is 37.6 Å². The molecule has 0 fully saturated rings. The molecule has 0 bridgehead atoms. The van der Waals surface area contributed by atoms with Crippen LogP contribution in [0.15, 0.2) is 103 Å². The number of amides is 1. The summed E-state index contributed by atoms with van der Waals surface area (Å²) >= 11 is 0. The lowest BCUT2D eigenvalue weighted by Gasteiger charge is -2.14. The summed E-state index contributed by atoms with van der Waals surface area (Å²) < 4.78 is 6.67. The Balaban J connectivity index is 1.68. The first-order valence-corrected chi connectivity index (χ1v) is 11.4. The van der Waals surface area contributed by atoms with Crippen LogP contribution in [0.3, 0.4) is 0 Å². The normalized spacial score (nSPS) is 10.6. The highest BCUT2D eigenvalue weighted by atomic mass is 16.5. The van der Waals surface area contributed by atoms with E-state index in [0.29, 0.717) is 28.1 Å². The first-order chi connectivity index (χ1) is 18.1. The van der Waals surface area contributed by atoms with Gasteiger partial charge in [0.15, 0.2) is 5.65 Å².